The smallest absolute Gasteiger partial charge is 0.288 e. The van der Waals surface area contributed by atoms with Crippen LogP contribution < -0.4 is 5.32 Å². The zero-order chi connectivity index (χ0) is 14.7. The summed E-state index contributed by atoms with van der Waals surface area (Å²) in [6, 6.07) is 5.17. The highest BCUT2D eigenvalue weighted by Gasteiger charge is 2.16. The first-order chi connectivity index (χ1) is 9.47. The standard InChI is InChI=1S/C11H6Cl2N4O3/c12-7-2-1-6(5-8(7)17(19)20)10(18)15-9-3-4-14-11(13)16-9/h1-5H,(H,14,15,16,18). The molecule has 0 saturated carbocycles. The Morgan fingerprint density at radius 2 is 2.05 bits per heavy atom. The fraction of sp³-hybridized carbons (Fsp3) is 0. The Balaban J connectivity index is 2.26. The Labute approximate surface area is 122 Å². The first kappa shape index (κ1) is 14.2. The minimum absolute atomic E-state index is 0.0233. The van der Waals surface area contributed by atoms with Gasteiger partial charge in [0.1, 0.15) is 10.8 Å². The molecule has 0 radical (unpaired) electrons. The molecule has 102 valence electrons. The van der Waals surface area contributed by atoms with Crippen molar-refractivity contribution < 1.29 is 9.72 Å². The average Bonchev–Trinajstić information content (AvgIpc) is 2.38. The maximum absolute atomic E-state index is 11.9. The van der Waals surface area contributed by atoms with Crippen LogP contribution in [0.25, 0.3) is 0 Å². The zero-order valence-corrected chi connectivity index (χ0v) is 11.2. The fourth-order valence-corrected chi connectivity index (χ4v) is 1.72. The molecule has 0 unspecified atom stereocenters. The van der Waals surface area contributed by atoms with E-state index in [1.165, 1.54) is 24.4 Å². The van der Waals surface area contributed by atoms with Crippen LogP contribution in [0, 0.1) is 10.1 Å². The van der Waals surface area contributed by atoms with Gasteiger partial charge < -0.3 is 5.32 Å². The van der Waals surface area contributed by atoms with E-state index < -0.39 is 10.8 Å². The van der Waals surface area contributed by atoms with E-state index in [4.69, 9.17) is 23.2 Å². The summed E-state index contributed by atoms with van der Waals surface area (Å²) in [5.74, 6) is -0.382. The zero-order valence-electron chi connectivity index (χ0n) is 9.71. The molecule has 0 aliphatic rings. The number of hydrogen-bond donors (Lipinski definition) is 1. The van der Waals surface area contributed by atoms with E-state index in [0.29, 0.717) is 0 Å². The first-order valence-corrected chi connectivity index (χ1v) is 5.97. The second-order valence-corrected chi connectivity index (χ2v) is 4.33. The van der Waals surface area contributed by atoms with Gasteiger partial charge in [0.05, 0.1) is 4.92 Å². The molecule has 2 rings (SSSR count). The van der Waals surface area contributed by atoms with Crippen molar-refractivity contribution in [3.63, 3.8) is 0 Å². The SMILES string of the molecule is O=C(Nc1ccnc(Cl)n1)c1ccc(Cl)c([N+](=O)[O-])c1. The predicted octanol–water partition coefficient (Wildman–Crippen LogP) is 2.94. The second kappa shape index (κ2) is 5.81. The topological polar surface area (TPSA) is 98.0 Å². The largest absolute Gasteiger partial charge is 0.306 e. The van der Waals surface area contributed by atoms with Crippen LogP contribution in [0.4, 0.5) is 11.5 Å². The van der Waals surface area contributed by atoms with Gasteiger partial charge in [0.25, 0.3) is 11.6 Å². The fourth-order valence-electron chi connectivity index (χ4n) is 1.39. The molecular weight excluding hydrogens is 307 g/mol. The third-order valence-corrected chi connectivity index (χ3v) is 2.77. The van der Waals surface area contributed by atoms with Gasteiger partial charge in [0, 0.05) is 17.8 Å². The summed E-state index contributed by atoms with van der Waals surface area (Å²) in [4.78, 5) is 29.5. The van der Waals surface area contributed by atoms with Gasteiger partial charge in [-0.2, -0.15) is 0 Å². The Bertz CT molecular complexity index is 693. The molecule has 1 amide bonds. The van der Waals surface area contributed by atoms with Crippen molar-refractivity contribution in [3.8, 4) is 0 Å². The Kier molecular flexibility index (Phi) is 4.11. The summed E-state index contributed by atoms with van der Waals surface area (Å²) >= 11 is 11.2. The van der Waals surface area contributed by atoms with Gasteiger partial charge in [-0.1, -0.05) is 11.6 Å². The highest BCUT2D eigenvalue weighted by atomic mass is 35.5. The van der Waals surface area contributed by atoms with E-state index >= 15 is 0 Å². The molecule has 1 aromatic heterocycles. The monoisotopic (exact) mass is 312 g/mol. The van der Waals surface area contributed by atoms with Crippen LogP contribution in [0.1, 0.15) is 10.4 Å². The number of aromatic nitrogens is 2. The van der Waals surface area contributed by atoms with E-state index in [1.54, 1.807) is 0 Å². The van der Waals surface area contributed by atoms with Gasteiger partial charge in [-0.05, 0) is 29.8 Å². The van der Waals surface area contributed by atoms with Crippen molar-refractivity contribution in [3.05, 3.63) is 56.4 Å². The number of carbonyl (C=O) groups excluding carboxylic acids is 1. The molecule has 0 spiro atoms. The highest BCUT2D eigenvalue weighted by Crippen LogP contribution is 2.25. The van der Waals surface area contributed by atoms with Crippen LogP contribution >= 0.6 is 23.2 Å². The molecule has 0 fully saturated rings. The second-order valence-electron chi connectivity index (χ2n) is 3.59. The lowest BCUT2D eigenvalue weighted by atomic mass is 10.2. The minimum Gasteiger partial charge on any atom is -0.306 e. The molecule has 0 aliphatic heterocycles. The molecule has 2 aromatic rings. The number of amides is 1. The summed E-state index contributed by atoms with van der Waals surface area (Å²) in [5, 5.41) is 13.1. The summed E-state index contributed by atoms with van der Waals surface area (Å²) in [6.45, 7) is 0. The van der Waals surface area contributed by atoms with Gasteiger partial charge in [-0.25, -0.2) is 9.97 Å². The van der Waals surface area contributed by atoms with Gasteiger partial charge >= 0.3 is 0 Å². The van der Waals surface area contributed by atoms with E-state index in [9.17, 15) is 14.9 Å². The molecule has 7 nitrogen and oxygen atoms in total. The number of rotatable bonds is 3. The number of nitro groups is 1. The van der Waals surface area contributed by atoms with Crippen molar-refractivity contribution in [1.29, 1.82) is 0 Å². The van der Waals surface area contributed by atoms with E-state index in [0.717, 1.165) is 6.07 Å². The van der Waals surface area contributed by atoms with Crippen LogP contribution in [0.2, 0.25) is 10.3 Å². The van der Waals surface area contributed by atoms with Crippen molar-refractivity contribution >= 4 is 40.6 Å². The van der Waals surface area contributed by atoms with E-state index in [2.05, 4.69) is 15.3 Å². The third-order valence-electron chi connectivity index (χ3n) is 2.27. The van der Waals surface area contributed by atoms with Crippen molar-refractivity contribution in [2.24, 2.45) is 0 Å². The molecule has 0 bridgehead atoms. The maximum atomic E-state index is 11.9. The van der Waals surface area contributed by atoms with Crippen LogP contribution in [0.3, 0.4) is 0 Å². The van der Waals surface area contributed by atoms with Crippen LogP contribution in [0.15, 0.2) is 30.5 Å². The predicted molar refractivity (Wildman–Crippen MR) is 73.1 cm³/mol. The van der Waals surface area contributed by atoms with Crippen molar-refractivity contribution in [2.75, 3.05) is 5.32 Å². The van der Waals surface area contributed by atoms with Crippen LogP contribution in [0.5, 0.6) is 0 Å². The highest BCUT2D eigenvalue weighted by molar-refractivity contribution is 6.32. The van der Waals surface area contributed by atoms with Crippen LogP contribution in [-0.2, 0) is 0 Å². The van der Waals surface area contributed by atoms with Gasteiger partial charge in [0.2, 0.25) is 5.28 Å². The van der Waals surface area contributed by atoms with Crippen LogP contribution in [-0.4, -0.2) is 20.8 Å². The molecular formula is C11H6Cl2N4O3. The molecule has 9 heteroatoms. The minimum atomic E-state index is -0.666. The Morgan fingerprint density at radius 3 is 2.70 bits per heavy atom. The molecule has 1 aromatic carbocycles. The van der Waals surface area contributed by atoms with Gasteiger partial charge in [0.15, 0.2) is 0 Å². The molecule has 20 heavy (non-hydrogen) atoms. The summed E-state index contributed by atoms with van der Waals surface area (Å²) in [7, 11) is 0. The summed E-state index contributed by atoms with van der Waals surface area (Å²) < 4.78 is 0. The number of nitro benzene ring substituents is 1. The van der Waals surface area contributed by atoms with Gasteiger partial charge in [-0.3, -0.25) is 14.9 Å². The number of anilines is 1. The first-order valence-electron chi connectivity index (χ1n) is 5.21. The lowest BCUT2D eigenvalue weighted by Gasteiger charge is -2.04. The van der Waals surface area contributed by atoms with Crippen molar-refractivity contribution in [1.82, 2.24) is 9.97 Å². The molecule has 1 heterocycles. The average molecular weight is 313 g/mol. The number of halogens is 2. The summed E-state index contributed by atoms with van der Waals surface area (Å²) in [6.07, 6.45) is 1.37. The molecule has 0 aliphatic carbocycles. The van der Waals surface area contributed by atoms with E-state index in [-0.39, 0.29) is 27.4 Å². The summed E-state index contributed by atoms with van der Waals surface area (Å²) in [5.41, 5.74) is -0.268. The molecule has 0 saturated heterocycles. The number of hydrogen-bond acceptors (Lipinski definition) is 5. The quantitative estimate of drug-likeness (QED) is 0.533. The lowest BCUT2D eigenvalue weighted by molar-refractivity contribution is -0.384. The Hall–Kier alpha value is -2.25. The van der Waals surface area contributed by atoms with Gasteiger partial charge in [-0.15, -0.1) is 0 Å². The normalized spacial score (nSPS) is 10.1. The third kappa shape index (κ3) is 3.19. The molecule has 1 N–H and O–H groups in total. The lowest BCUT2D eigenvalue weighted by Crippen LogP contribution is -2.13. The Morgan fingerprint density at radius 1 is 1.30 bits per heavy atom. The number of benzene rings is 1. The number of nitrogens with one attached hydrogen (secondary N) is 1. The maximum Gasteiger partial charge on any atom is 0.288 e. The molecule has 0 atom stereocenters. The number of nitrogens with zero attached hydrogens (tertiary/aromatic N) is 3. The number of carbonyl (C=O) groups is 1. The van der Waals surface area contributed by atoms with E-state index in [1.807, 2.05) is 0 Å². The van der Waals surface area contributed by atoms with Crippen molar-refractivity contribution in [2.45, 2.75) is 0 Å².